The van der Waals surface area contributed by atoms with E-state index >= 15 is 0 Å². The second-order valence-electron chi connectivity index (χ2n) is 6.92. The number of carboxylic acids is 1. The van der Waals surface area contributed by atoms with Crippen molar-refractivity contribution in [3.05, 3.63) is 92.6 Å². The fourth-order valence-electron chi connectivity index (χ4n) is 3.66. The van der Waals surface area contributed by atoms with Crippen LogP contribution in [0.5, 0.6) is 0 Å². The molecule has 4 aromatic rings. The smallest absolute Gasteiger partial charge is 0.353 e. The van der Waals surface area contributed by atoms with E-state index in [-0.39, 0.29) is 34.6 Å². The quantitative estimate of drug-likeness (QED) is 0.474. The van der Waals surface area contributed by atoms with Crippen LogP contribution < -0.4 is 5.56 Å². The van der Waals surface area contributed by atoms with Crippen molar-refractivity contribution < 1.29 is 14.3 Å². The molecular weight excluding hydrogens is 389 g/mol. The molecule has 4 rings (SSSR count). The van der Waals surface area contributed by atoms with Crippen LogP contribution in [0.25, 0.3) is 22.0 Å². The van der Waals surface area contributed by atoms with Gasteiger partial charge in [-0.05, 0) is 54.6 Å². The van der Waals surface area contributed by atoms with E-state index in [0.717, 1.165) is 11.6 Å². The summed E-state index contributed by atoms with van der Waals surface area (Å²) < 4.78 is 15.9. The van der Waals surface area contributed by atoms with Crippen molar-refractivity contribution in [3.8, 4) is 11.1 Å². The normalized spacial score (nSPS) is 11.0. The highest BCUT2D eigenvalue weighted by molar-refractivity contribution is 6.08. The maximum absolute atomic E-state index is 14.4. The molecule has 8 heteroatoms. The third-order valence-electron chi connectivity index (χ3n) is 4.97. The van der Waals surface area contributed by atoms with Crippen molar-refractivity contribution in [2.75, 3.05) is 0 Å². The van der Waals surface area contributed by atoms with Gasteiger partial charge in [-0.15, -0.1) is 4.91 Å². The number of nitroso groups, excluding NO2 is 1. The van der Waals surface area contributed by atoms with Gasteiger partial charge in [-0.25, -0.2) is 9.18 Å². The first-order chi connectivity index (χ1) is 14.4. The van der Waals surface area contributed by atoms with E-state index in [4.69, 9.17) is 0 Å². The Morgan fingerprint density at radius 3 is 2.70 bits per heavy atom. The molecule has 30 heavy (non-hydrogen) atoms. The van der Waals surface area contributed by atoms with Gasteiger partial charge in [-0.2, -0.15) is 0 Å². The van der Waals surface area contributed by atoms with Gasteiger partial charge in [-0.3, -0.25) is 4.79 Å². The molecule has 0 saturated heterocycles. The molecule has 0 saturated carbocycles. The molecule has 0 bridgehead atoms. The summed E-state index contributed by atoms with van der Waals surface area (Å²) in [5.41, 5.74) is 1.44. The number of pyridine rings is 1. The predicted molar refractivity (Wildman–Crippen MR) is 111 cm³/mol. The van der Waals surface area contributed by atoms with E-state index in [0.29, 0.717) is 10.9 Å². The maximum atomic E-state index is 14.4. The Bertz CT molecular complexity index is 1370. The van der Waals surface area contributed by atoms with E-state index in [9.17, 15) is 24.0 Å². The monoisotopic (exact) mass is 405 g/mol. The Morgan fingerprint density at radius 1 is 1.20 bits per heavy atom. The van der Waals surface area contributed by atoms with Crippen LogP contribution in [0.4, 0.5) is 10.1 Å². The fourth-order valence-corrected chi connectivity index (χ4v) is 3.66. The van der Waals surface area contributed by atoms with Crippen molar-refractivity contribution in [2.45, 2.75) is 13.5 Å². The van der Waals surface area contributed by atoms with Crippen LogP contribution >= 0.6 is 0 Å². The van der Waals surface area contributed by atoms with Gasteiger partial charge in [-0.1, -0.05) is 11.6 Å². The predicted octanol–water partition coefficient (Wildman–Crippen LogP) is 4.59. The molecule has 0 spiro atoms. The van der Waals surface area contributed by atoms with Crippen LogP contribution in [0.15, 0.2) is 64.7 Å². The van der Waals surface area contributed by atoms with Crippen LogP contribution in [0.1, 0.15) is 21.6 Å². The summed E-state index contributed by atoms with van der Waals surface area (Å²) >= 11 is 0. The van der Waals surface area contributed by atoms with Crippen molar-refractivity contribution in [3.63, 3.8) is 0 Å². The van der Waals surface area contributed by atoms with Crippen LogP contribution in [-0.2, 0) is 6.54 Å². The summed E-state index contributed by atoms with van der Waals surface area (Å²) in [5.74, 6) is -1.85. The molecule has 0 aliphatic carbocycles. The molecule has 0 unspecified atom stereocenters. The highest BCUT2D eigenvalue weighted by Crippen LogP contribution is 2.35. The van der Waals surface area contributed by atoms with Gasteiger partial charge in [0.15, 0.2) is 0 Å². The number of carboxylic acid groups (broad SMARTS) is 1. The lowest BCUT2D eigenvalue weighted by Gasteiger charge is -2.10. The number of H-pyrrole nitrogens is 1. The van der Waals surface area contributed by atoms with E-state index < -0.39 is 17.3 Å². The van der Waals surface area contributed by atoms with Crippen LogP contribution in [0.3, 0.4) is 0 Å². The number of aromatic nitrogens is 2. The summed E-state index contributed by atoms with van der Waals surface area (Å²) in [5, 5.41) is 13.4. The van der Waals surface area contributed by atoms with Crippen LogP contribution in [0, 0.1) is 17.6 Å². The molecule has 0 atom stereocenters. The topological polar surface area (TPSA) is 105 Å². The second kappa shape index (κ2) is 7.40. The third kappa shape index (κ3) is 3.18. The lowest BCUT2D eigenvalue weighted by Crippen LogP contribution is -2.14. The minimum absolute atomic E-state index is 0.0373. The molecule has 0 amide bonds. The summed E-state index contributed by atoms with van der Waals surface area (Å²) in [7, 11) is 0. The molecule has 2 aromatic heterocycles. The summed E-state index contributed by atoms with van der Waals surface area (Å²) in [6.45, 7) is 1.70. The summed E-state index contributed by atoms with van der Waals surface area (Å²) in [6, 6.07) is 12.1. The average molecular weight is 405 g/mol. The number of aromatic carboxylic acids is 1. The lowest BCUT2D eigenvalue weighted by molar-refractivity contribution is 0.0687. The Balaban J connectivity index is 2.07. The molecule has 0 radical (unpaired) electrons. The van der Waals surface area contributed by atoms with Gasteiger partial charge < -0.3 is 14.7 Å². The lowest BCUT2D eigenvalue weighted by atomic mass is 10.0. The number of hydrogen-bond acceptors (Lipinski definition) is 4. The number of nitrogens with zero attached hydrogens (tertiary/aromatic N) is 2. The number of rotatable bonds is 5. The van der Waals surface area contributed by atoms with Gasteiger partial charge in [0.2, 0.25) is 0 Å². The van der Waals surface area contributed by atoms with E-state index in [1.807, 2.05) is 13.0 Å². The Labute approximate surface area is 169 Å². The molecular formula is C22H16FN3O4. The molecule has 7 nitrogen and oxygen atoms in total. The number of fused-ring (bicyclic) bond motifs is 1. The highest BCUT2D eigenvalue weighted by atomic mass is 19.1. The first kappa shape index (κ1) is 19.3. The number of aromatic amines is 1. The zero-order valence-electron chi connectivity index (χ0n) is 15.8. The van der Waals surface area contributed by atoms with E-state index in [2.05, 4.69) is 10.2 Å². The van der Waals surface area contributed by atoms with Gasteiger partial charge in [0.1, 0.15) is 17.2 Å². The summed E-state index contributed by atoms with van der Waals surface area (Å²) in [6.07, 6.45) is 1.46. The average Bonchev–Trinajstić information content (AvgIpc) is 3.03. The summed E-state index contributed by atoms with van der Waals surface area (Å²) in [4.78, 5) is 38.2. The molecule has 2 N–H and O–H groups in total. The number of benzene rings is 2. The second-order valence-corrected chi connectivity index (χ2v) is 6.92. The molecule has 0 fully saturated rings. The molecule has 0 aliphatic rings. The largest absolute Gasteiger partial charge is 0.477 e. The Hall–Kier alpha value is -4.07. The molecule has 150 valence electrons. The first-order valence-electron chi connectivity index (χ1n) is 9.06. The number of hydrogen-bond donors (Lipinski definition) is 2. The minimum Gasteiger partial charge on any atom is -0.477 e. The standard InChI is InChI=1S/C22H16FN3O4/c1-12-4-7-18-16(9-12)19(15-3-2-8-24-21(15)27)20(22(28)29)26(18)11-13-10-14(25-30)5-6-17(13)23/h2-10H,11H2,1H3,(H,24,27)(H,28,29). The van der Waals surface area contributed by atoms with E-state index in [1.165, 1.54) is 22.9 Å². The van der Waals surface area contributed by atoms with Crippen molar-refractivity contribution in [2.24, 2.45) is 5.18 Å². The Morgan fingerprint density at radius 2 is 2.00 bits per heavy atom. The van der Waals surface area contributed by atoms with Gasteiger partial charge in [0, 0.05) is 33.8 Å². The van der Waals surface area contributed by atoms with E-state index in [1.54, 1.807) is 24.3 Å². The van der Waals surface area contributed by atoms with Crippen molar-refractivity contribution in [1.82, 2.24) is 9.55 Å². The minimum atomic E-state index is -1.26. The molecule has 2 aromatic carbocycles. The molecule has 2 heterocycles. The van der Waals surface area contributed by atoms with Crippen molar-refractivity contribution >= 4 is 22.6 Å². The van der Waals surface area contributed by atoms with Crippen LogP contribution in [-0.4, -0.2) is 20.6 Å². The first-order valence-corrected chi connectivity index (χ1v) is 9.06. The highest BCUT2D eigenvalue weighted by Gasteiger charge is 2.25. The number of aryl methyl sites for hydroxylation is 1. The van der Waals surface area contributed by atoms with Gasteiger partial charge >= 0.3 is 5.97 Å². The van der Waals surface area contributed by atoms with Gasteiger partial charge in [0.05, 0.1) is 6.54 Å². The number of halogens is 1. The molecule has 0 aliphatic heterocycles. The number of nitrogens with one attached hydrogen (secondary N) is 1. The SMILES string of the molecule is Cc1ccc2c(c1)c(-c1ccc[nH]c1=O)c(C(=O)O)n2Cc1cc(N=O)ccc1F. The number of carbonyl (C=O) groups is 1. The van der Waals surface area contributed by atoms with Gasteiger partial charge in [0.25, 0.3) is 5.56 Å². The third-order valence-corrected chi connectivity index (χ3v) is 4.97. The Kier molecular flexibility index (Phi) is 4.75. The fraction of sp³-hybridized carbons (Fsp3) is 0.0909. The maximum Gasteiger partial charge on any atom is 0.353 e. The van der Waals surface area contributed by atoms with Crippen LogP contribution in [0.2, 0.25) is 0 Å². The zero-order valence-corrected chi connectivity index (χ0v) is 15.8. The zero-order chi connectivity index (χ0) is 21.4. The van der Waals surface area contributed by atoms with Crippen molar-refractivity contribution in [1.29, 1.82) is 0 Å².